The van der Waals surface area contributed by atoms with Gasteiger partial charge >= 0.3 is 16.1 Å². The number of carboxylic acid groups (broad SMARTS) is 1. The molecule has 2 N–H and O–H groups in total. The number of carboxylic acids is 1. The van der Waals surface area contributed by atoms with Crippen LogP contribution in [-0.4, -0.2) is 38.7 Å². The molecule has 0 aliphatic rings. The third kappa shape index (κ3) is 3.20. The Balaban J connectivity index is 3.47. The van der Waals surface area contributed by atoms with Gasteiger partial charge in [0, 0.05) is 7.05 Å². The van der Waals surface area contributed by atoms with Crippen LogP contribution in [-0.2, 0) is 10.1 Å². The van der Waals surface area contributed by atoms with Gasteiger partial charge in [0.1, 0.15) is 0 Å². The van der Waals surface area contributed by atoms with Crippen molar-refractivity contribution in [2.45, 2.75) is 0 Å². The summed E-state index contributed by atoms with van der Waals surface area (Å²) in [4.78, 5) is 22.6. The number of carbonyl (C=O) groups excluding carboxylic acids is 1. The van der Waals surface area contributed by atoms with Gasteiger partial charge < -0.3 is 14.6 Å². The fraction of sp³-hybridized carbons (Fsp3) is 0.200. The molecule has 0 spiro atoms. The van der Waals surface area contributed by atoms with Crippen LogP contribution >= 0.6 is 0 Å². The highest BCUT2D eigenvalue weighted by Crippen LogP contribution is 2.23. The van der Waals surface area contributed by atoms with Crippen LogP contribution in [0, 0.1) is 0 Å². The molecule has 1 aromatic rings. The number of amides is 1. The summed E-state index contributed by atoms with van der Waals surface area (Å²) in [5, 5.41) is 11.2. The van der Waals surface area contributed by atoms with Crippen LogP contribution in [0.5, 0.6) is 5.75 Å². The molecular weight excluding hydrogens is 262 g/mol. The number of carbonyl (C=O) groups is 2. The number of nitrogens with one attached hydrogen (secondary N) is 1. The van der Waals surface area contributed by atoms with Crippen molar-refractivity contribution in [1.82, 2.24) is 5.32 Å². The average molecular weight is 273 g/mol. The summed E-state index contributed by atoms with van der Waals surface area (Å²) < 4.78 is 26.7. The minimum atomic E-state index is -3.86. The summed E-state index contributed by atoms with van der Waals surface area (Å²) in [5.74, 6) is -2.42. The van der Waals surface area contributed by atoms with Gasteiger partial charge in [-0.05, 0) is 12.1 Å². The quantitative estimate of drug-likeness (QED) is 0.752. The second-order valence-corrected chi connectivity index (χ2v) is 4.93. The molecule has 0 unspecified atom stereocenters. The predicted molar refractivity (Wildman–Crippen MR) is 62.3 cm³/mol. The molecule has 0 radical (unpaired) electrons. The van der Waals surface area contributed by atoms with Crippen molar-refractivity contribution >= 4 is 22.0 Å². The Morgan fingerprint density at radius 1 is 1.33 bits per heavy atom. The second-order valence-electron chi connectivity index (χ2n) is 3.35. The molecule has 0 heterocycles. The molecule has 8 heteroatoms. The molecule has 0 aliphatic heterocycles. The van der Waals surface area contributed by atoms with E-state index in [4.69, 9.17) is 5.11 Å². The van der Waals surface area contributed by atoms with E-state index in [2.05, 4.69) is 9.50 Å². The van der Waals surface area contributed by atoms with E-state index in [1.807, 2.05) is 0 Å². The summed E-state index contributed by atoms with van der Waals surface area (Å²) >= 11 is 0. The zero-order valence-corrected chi connectivity index (χ0v) is 10.4. The van der Waals surface area contributed by atoms with E-state index >= 15 is 0 Å². The van der Waals surface area contributed by atoms with Crippen LogP contribution < -0.4 is 9.50 Å². The molecule has 0 fully saturated rings. The largest absolute Gasteiger partial charge is 0.478 e. The summed E-state index contributed by atoms with van der Waals surface area (Å²) in [6.45, 7) is 0. The molecule has 0 atom stereocenters. The summed E-state index contributed by atoms with van der Waals surface area (Å²) in [6.07, 6.45) is 0.800. The maximum atomic E-state index is 11.6. The van der Waals surface area contributed by atoms with E-state index in [0.29, 0.717) is 0 Å². The van der Waals surface area contributed by atoms with Crippen LogP contribution in [0.3, 0.4) is 0 Å². The Bertz CT molecular complexity index is 592. The molecule has 0 bridgehead atoms. The summed E-state index contributed by atoms with van der Waals surface area (Å²) in [5.41, 5.74) is -0.673. The van der Waals surface area contributed by atoms with Gasteiger partial charge in [-0.2, -0.15) is 8.42 Å². The number of benzene rings is 1. The molecule has 7 nitrogen and oxygen atoms in total. The molecule has 98 valence electrons. The lowest BCUT2D eigenvalue weighted by molar-refractivity contribution is 0.0690. The van der Waals surface area contributed by atoms with Gasteiger partial charge in [0.05, 0.1) is 17.4 Å². The van der Waals surface area contributed by atoms with Crippen molar-refractivity contribution in [3.05, 3.63) is 29.3 Å². The van der Waals surface area contributed by atoms with E-state index in [0.717, 1.165) is 6.26 Å². The lowest BCUT2D eigenvalue weighted by atomic mass is 10.1. The van der Waals surface area contributed by atoms with Crippen LogP contribution in [0.2, 0.25) is 0 Å². The van der Waals surface area contributed by atoms with Crippen molar-refractivity contribution in [1.29, 1.82) is 0 Å². The first-order valence-corrected chi connectivity index (χ1v) is 6.55. The van der Waals surface area contributed by atoms with Gasteiger partial charge in [0.2, 0.25) is 0 Å². The van der Waals surface area contributed by atoms with Gasteiger partial charge in [0.15, 0.2) is 5.75 Å². The first kappa shape index (κ1) is 14.0. The van der Waals surface area contributed by atoms with Crippen molar-refractivity contribution in [2.24, 2.45) is 0 Å². The molecular formula is C10H11NO6S. The number of aromatic carboxylic acids is 1. The Morgan fingerprint density at radius 2 is 1.94 bits per heavy atom. The molecule has 0 saturated heterocycles. The third-order valence-electron chi connectivity index (χ3n) is 1.95. The molecule has 0 aromatic heterocycles. The lowest BCUT2D eigenvalue weighted by Crippen LogP contribution is -2.23. The van der Waals surface area contributed by atoms with Crippen LogP contribution in [0.25, 0.3) is 0 Å². The predicted octanol–water partition coefficient (Wildman–Crippen LogP) is 0.0828. The SMILES string of the molecule is CNC(=O)c1c(OS(C)(=O)=O)cccc1C(=O)O. The van der Waals surface area contributed by atoms with Crippen molar-refractivity contribution in [3.8, 4) is 5.75 Å². The van der Waals surface area contributed by atoms with E-state index in [-0.39, 0.29) is 16.9 Å². The fourth-order valence-corrected chi connectivity index (χ4v) is 1.77. The average Bonchev–Trinajstić information content (AvgIpc) is 2.25. The number of hydrogen-bond acceptors (Lipinski definition) is 5. The maximum absolute atomic E-state index is 11.6. The molecule has 18 heavy (non-hydrogen) atoms. The molecule has 1 aromatic carbocycles. The third-order valence-corrected chi connectivity index (χ3v) is 2.43. The summed E-state index contributed by atoms with van der Waals surface area (Å²) in [7, 11) is -2.56. The van der Waals surface area contributed by atoms with Crippen molar-refractivity contribution < 1.29 is 27.3 Å². The Kier molecular flexibility index (Phi) is 3.92. The number of hydrogen-bond donors (Lipinski definition) is 2. The van der Waals surface area contributed by atoms with Gasteiger partial charge in [-0.1, -0.05) is 6.07 Å². The normalized spacial score (nSPS) is 10.8. The molecule has 0 saturated carbocycles. The zero-order valence-electron chi connectivity index (χ0n) is 9.63. The number of rotatable bonds is 4. The van der Waals surface area contributed by atoms with Gasteiger partial charge in [-0.3, -0.25) is 4.79 Å². The second kappa shape index (κ2) is 5.05. The highest BCUT2D eigenvalue weighted by Gasteiger charge is 2.22. The van der Waals surface area contributed by atoms with Gasteiger partial charge in [0.25, 0.3) is 5.91 Å². The van der Waals surface area contributed by atoms with Gasteiger partial charge in [-0.15, -0.1) is 0 Å². The topological polar surface area (TPSA) is 110 Å². The van der Waals surface area contributed by atoms with Crippen LogP contribution in [0.1, 0.15) is 20.7 Å². The minimum Gasteiger partial charge on any atom is -0.478 e. The van der Waals surface area contributed by atoms with Crippen molar-refractivity contribution in [2.75, 3.05) is 13.3 Å². The first-order valence-electron chi connectivity index (χ1n) is 4.74. The van der Waals surface area contributed by atoms with E-state index in [9.17, 15) is 18.0 Å². The molecule has 1 rings (SSSR count). The first-order chi connectivity index (χ1) is 8.26. The summed E-state index contributed by atoms with van der Waals surface area (Å²) in [6, 6.07) is 3.68. The van der Waals surface area contributed by atoms with Crippen LogP contribution in [0.15, 0.2) is 18.2 Å². The van der Waals surface area contributed by atoms with Crippen LogP contribution in [0.4, 0.5) is 0 Å². The highest BCUT2D eigenvalue weighted by atomic mass is 32.2. The smallest absolute Gasteiger partial charge is 0.336 e. The minimum absolute atomic E-state index is 0.322. The molecule has 1 amide bonds. The monoisotopic (exact) mass is 273 g/mol. The van der Waals surface area contributed by atoms with E-state index in [1.165, 1.54) is 25.2 Å². The zero-order chi connectivity index (χ0) is 13.9. The Hall–Kier alpha value is -2.09. The van der Waals surface area contributed by atoms with E-state index in [1.54, 1.807) is 0 Å². The van der Waals surface area contributed by atoms with Crippen molar-refractivity contribution in [3.63, 3.8) is 0 Å². The fourth-order valence-electron chi connectivity index (χ4n) is 1.30. The lowest BCUT2D eigenvalue weighted by Gasteiger charge is -2.10. The maximum Gasteiger partial charge on any atom is 0.336 e. The van der Waals surface area contributed by atoms with E-state index < -0.39 is 22.0 Å². The van der Waals surface area contributed by atoms with Gasteiger partial charge in [-0.25, -0.2) is 4.79 Å². The standard InChI is InChI=1S/C10H11NO6S/c1-11-9(12)8-6(10(13)14)4-3-5-7(8)17-18(2,15)16/h3-5H,1-2H3,(H,11,12)(H,13,14). The Labute approximate surface area is 104 Å². The Morgan fingerprint density at radius 3 is 2.39 bits per heavy atom. The molecule has 0 aliphatic carbocycles. The highest BCUT2D eigenvalue weighted by molar-refractivity contribution is 7.86.